The van der Waals surface area contributed by atoms with Gasteiger partial charge in [0.05, 0.1) is 26.4 Å². The van der Waals surface area contributed by atoms with Gasteiger partial charge in [-0.1, -0.05) is 20.8 Å². The SMILES string of the molecule is C1COCCN1.CC(C)(C)c1ncn(CCO)n1. The highest BCUT2D eigenvalue weighted by molar-refractivity contribution is 4.98. The fourth-order valence-corrected chi connectivity index (χ4v) is 1.36. The van der Waals surface area contributed by atoms with Crippen LogP contribution in [0.5, 0.6) is 0 Å². The summed E-state index contributed by atoms with van der Waals surface area (Å²) in [7, 11) is 0. The van der Waals surface area contributed by atoms with E-state index in [2.05, 4.69) is 36.2 Å². The van der Waals surface area contributed by atoms with E-state index in [0.717, 1.165) is 32.1 Å². The minimum Gasteiger partial charge on any atom is -0.394 e. The average Bonchev–Trinajstić information content (AvgIpc) is 2.81. The zero-order valence-corrected chi connectivity index (χ0v) is 11.5. The molecule has 0 saturated carbocycles. The van der Waals surface area contributed by atoms with Crippen LogP contribution < -0.4 is 5.32 Å². The lowest BCUT2D eigenvalue weighted by Gasteiger charge is -2.12. The number of ether oxygens (including phenoxy) is 1. The molecule has 0 radical (unpaired) electrons. The number of hydrogen-bond donors (Lipinski definition) is 2. The maximum atomic E-state index is 8.64. The molecule has 0 bridgehead atoms. The number of nitrogens with zero attached hydrogens (tertiary/aromatic N) is 3. The van der Waals surface area contributed by atoms with E-state index >= 15 is 0 Å². The first-order valence-electron chi connectivity index (χ1n) is 6.33. The van der Waals surface area contributed by atoms with Crippen LogP contribution in [0.3, 0.4) is 0 Å². The van der Waals surface area contributed by atoms with Crippen molar-refractivity contribution in [2.24, 2.45) is 0 Å². The van der Waals surface area contributed by atoms with Crippen LogP contribution in [0.25, 0.3) is 0 Å². The van der Waals surface area contributed by atoms with Crippen molar-refractivity contribution < 1.29 is 9.84 Å². The first-order valence-corrected chi connectivity index (χ1v) is 6.33. The smallest absolute Gasteiger partial charge is 0.155 e. The molecule has 1 aromatic rings. The Morgan fingerprint density at radius 1 is 1.39 bits per heavy atom. The topological polar surface area (TPSA) is 72.2 Å². The zero-order chi connectivity index (χ0) is 13.4. The highest BCUT2D eigenvalue weighted by Crippen LogP contribution is 2.16. The molecule has 1 saturated heterocycles. The monoisotopic (exact) mass is 256 g/mol. The quantitative estimate of drug-likeness (QED) is 0.789. The Bertz CT molecular complexity index is 318. The highest BCUT2D eigenvalue weighted by atomic mass is 16.5. The third kappa shape index (κ3) is 5.57. The molecule has 2 heterocycles. The number of rotatable bonds is 2. The predicted octanol–water partition coefficient (Wildman–Crippen LogP) is 0.174. The Balaban J connectivity index is 0.000000225. The van der Waals surface area contributed by atoms with Crippen LogP contribution in [0.2, 0.25) is 0 Å². The van der Waals surface area contributed by atoms with Crippen molar-refractivity contribution >= 4 is 0 Å². The minimum absolute atomic E-state index is 0.0132. The third-order valence-electron chi connectivity index (χ3n) is 2.38. The Kier molecular flexibility index (Phi) is 6.24. The predicted molar refractivity (Wildman–Crippen MR) is 69.5 cm³/mol. The van der Waals surface area contributed by atoms with E-state index in [1.165, 1.54) is 0 Å². The molecule has 2 rings (SSSR count). The maximum Gasteiger partial charge on any atom is 0.155 e. The van der Waals surface area contributed by atoms with Crippen LogP contribution in [0.4, 0.5) is 0 Å². The second-order valence-electron chi connectivity index (χ2n) is 5.17. The molecule has 6 nitrogen and oxygen atoms in total. The summed E-state index contributed by atoms with van der Waals surface area (Å²) in [6.45, 7) is 10.6. The fourth-order valence-electron chi connectivity index (χ4n) is 1.36. The van der Waals surface area contributed by atoms with E-state index in [1.807, 2.05) is 0 Å². The van der Waals surface area contributed by atoms with Crippen LogP contribution in [0.15, 0.2) is 6.33 Å². The van der Waals surface area contributed by atoms with Crippen molar-refractivity contribution in [2.45, 2.75) is 32.7 Å². The van der Waals surface area contributed by atoms with Gasteiger partial charge in [-0.2, -0.15) is 5.10 Å². The Labute approximate surface area is 108 Å². The van der Waals surface area contributed by atoms with Gasteiger partial charge in [-0.15, -0.1) is 0 Å². The molecule has 1 aromatic heterocycles. The van der Waals surface area contributed by atoms with Gasteiger partial charge in [-0.3, -0.25) is 4.68 Å². The first-order chi connectivity index (χ1) is 8.54. The van der Waals surface area contributed by atoms with Crippen molar-refractivity contribution in [3.8, 4) is 0 Å². The molecule has 6 heteroatoms. The summed E-state index contributed by atoms with van der Waals surface area (Å²) in [6, 6.07) is 0. The van der Waals surface area contributed by atoms with Crippen LogP contribution in [-0.4, -0.2) is 52.8 Å². The molecular formula is C12H24N4O2. The van der Waals surface area contributed by atoms with E-state index in [0.29, 0.717) is 6.54 Å². The number of aliphatic hydroxyl groups is 1. The van der Waals surface area contributed by atoms with Gasteiger partial charge in [0.1, 0.15) is 6.33 Å². The summed E-state index contributed by atoms with van der Waals surface area (Å²) >= 11 is 0. The van der Waals surface area contributed by atoms with E-state index in [1.54, 1.807) is 11.0 Å². The number of aromatic nitrogens is 3. The molecule has 0 atom stereocenters. The van der Waals surface area contributed by atoms with Gasteiger partial charge >= 0.3 is 0 Å². The molecule has 104 valence electrons. The largest absolute Gasteiger partial charge is 0.394 e. The summed E-state index contributed by atoms with van der Waals surface area (Å²) < 4.78 is 6.66. The number of aliphatic hydroxyl groups excluding tert-OH is 1. The van der Waals surface area contributed by atoms with E-state index in [-0.39, 0.29) is 12.0 Å². The Morgan fingerprint density at radius 3 is 2.39 bits per heavy atom. The van der Waals surface area contributed by atoms with Crippen molar-refractivity contribution in [1.29, 1.82) is 0 Å². The molecule has 0 aromatic carbocycles. The molecule has 18 heavy (non-hydrogen) atoms. The standard InChI is InChI=1S/C8H15N3O.C4H9NO/c1-8(2,3)7-9-6-11(10-7)4-5-12;1-3-6-4-2-5-1/h6,12H,4-5H2,1-3H3;5H,1-4H2. The van der Waals surface area contributed by atoms with Gasteiger partial charge < -0.3 is 15.2 Å². The van der Waals surface area contributed by atoms with Crippen molar-refractivity contribution in [3.05, 3.63) is 12.2 Å². The molecule has 1 aliphatic rings. The van der Waals surface area contributed by atoms with Crippen LogP contribution in [-0.2, 0) is 16.7 Å². The third-order valence-corrected chi connectivity index (χ3v) is 2.38. The van der Waals surface area contributed by atoms with E-state index < -0.39 is 0 Å². The summed E-state index contributed by atoms with van der Waals surface area (Å²) in [5.74, 6) is 0.816. The molecule has 0 aliphatic carbocycles. The van der Waals surface area contributed by atoms with E-state index in [9.17, 15) is 0 Å². The summed E-state index contributed by atoms with van der Waals surface area (Å²) in [4.78, 5) is 4.15. The lowest BCUT2D eigenvalue weighted by atomic mass is 9.96. The molecule has 1 fully saturated rings. The summed E-state index contributed by atoms with van der Waals surface area (Å²) in [5, 5.41) is 16.0. The minimum atomic E-state index is -0.0132. The van der Waals surface area contributed by atoms with Crippen molar-refractivity contribution in [1.82, 2.24) is 20.1 Å². The molecule has 0 unspecified atom stereocenters. The van der Waals surface area contributed by atoms with Gasteiger partial charge in [-0.05, 0) is 0 Å². The van der Waals surface area contributed by atoms with E-state index in [4.69, 9.17) is 9.84 Å². The Morgan fingerprint density at radius 2 is 2.06 bits per heavy atom. The molecule has 1 aliphatic heterocycles. The van der Waals surface area contributed by atoms with Gasteiger partial charge in [0.15, 0.2) is 5.82 Å². The summed E-state index contributed by atoms with van der Waals surface area (Å²) in [6.07, 6.45) is 1.65. The number of morpholine rings is 1. The van der Waals surface area contributed by atoms with Crippen molar-refractivity contribution in [3.63, 3.8) is 0 Å². The highest BCUT2D eigenvalue weighted by Gasteiger charge is 2.18. The normalized spacial score (nSPS) is 16.0. The maximum absolute atomic E-state index is 8.64. The van der Waals surface area contributed by atoms with Crippen molar-refractivity contribution in [2.75, 3.05) is 32.9 Å². The second-order valence-corrected chi connectivity index (χ2v) is 5.17. The fraction of sp³-hybridized carbons (Fsp3) is 0.833. The van der Waals surface area contributed by atoms with Gasteiger partial charge in [0.25, 0.3) is 0 Å². The van der Waals surface area contributed by atoms with Gasteiger partial charge in [0.2, 0.25) is 0 Å². The molecule has 2 N–H and O–H groups in total. The number of hydrogen-bond acceptors (Lipinski definition) is 5. The Hall–Kier alpha value is -0.980. The molecule has 0 spiro atoms. The summed E-state index contributed by atoms with van der Waals surface area (Å²) in [5.41, 5.74) is -0.0132. The zero-order valence-electron chi connectivity index (χ0n) is 11.5. The van der Waals surface area contributed by atoms with Crippen LogP contribution in [0.1, 0.15) is 26.6 Å². The second kappa shape index (κ2) is 7.45. The first kappa shape index (κ1) is 15.1. The lowest BCUT2D eigenvalue weighted by molar-refractivity contribution is 0.109. The molecule has 0 amide bonds. The van der Waals surface area contributed by atoms with Crippen LogP contribution in [0, 0.1) is 0 Å². The molecular weight excluding hydrogens is 232 g/mol. The van der Waals surface area contributed by atoms with Gasteiger partial charge in [0, 0.05) is 18.5 Å². The average molecular weight is 256 g/mol. The lowest BCUT2D eigenvalue weighted by Crippen LogP contribution is -2.30. The van der Waals surface area contributed by atoms with Gasteiger partial charge in [-0.25, -0.2) is 4.98 Å². The van der Waals surface area contributed by atoms with Crippen LogP contribution >= 0.6 is 0 Å². The number of nitrogens with one attached hydrogen (secondary N) is 1.